The van der Waals surface area contributed by atoms with Crippen molar-refractivity contribution < 1.29 is 14.9 Å². The Morgan fingerprint density at radius 1 is 0.667 bits per heavy atom. The maximum Gasteiger partial charge on any atom is 0.0974 e. The summed E-state index contributed by atoms with van der Waals surface area (Å²) >= 11 is 0. The predicted molar refractivity (Wildman–Crippen MR) is 151 cm³/mol. The lowest BCUT2D eigenvalue weighted by Gasteiger charge is -2.28. The number of aliphatic hydroxyl groups is 2. The van der Waals surface area contributed by atoms with Gasteiger partial charge in [-0.05, 0) is 17.5 Å². The maximum atomic E-state index is 10.9. The van der Waals surface area contributed by atoms with Crippen LogP contribution >= 0.6 is 0 Å². The average Bonchev–Trinajstić information content (AvgIpc) is 2.92. The monoisotopic (exact) mass is 497 g/mol. The molecule has 202 valence electrons. The molecule has 2 aromatic carbocycles. The van der Waals surface area contributed by atoms with Crippen molar-refractivity contribution in [3.8, 4) is 0 Å². The minimum Gasteiger partial charge on any atom is -0.390 e. The van der Waals surface area contributed by atoms with Crippen molar-refractivity contribution >= 4 is 0 Å². The Morgan fingerprint density at radius 2 is 1.17 bits per heavy atom. The molecule has 3 atom stereocenters. The molecule has 36 heavy (non-hydrogen) atoms. The van der Waals surface area contributed by atoms with Crippen LogP contribution in [0.3, 0.4) is 0 Å². The summed E-state index contributed by atoms with van der Waals surface area (Å²) in [5.41, 5.74) is 2.25. The molecule has 0 saturated carbocycles. The summed E-state index contributed by atoms with van der Waals surface area (Å²) in [6.45, 7) is 3.73. The summed E-state index contributed by atoms with van der Waals surface area (Å²) in [6, 6.07) is 19.9. The summed E-state index contributed by atoms with van der Waals surface area (Å²) in [7, 11) is 0. The van der Waals surface area contributed by atoms with Gasteiger partial charge in [-0.15, -0.1) is 0 Å². The number of hydrogen-bond donors (Lipinski definition) is 3. The van der Waals surface area contributed by atoms with Gasteiger partial charge in [0.2, 0.25) is 0 Å². The first-order valence-electron chi connectivity index (χ1n) is 14.5. The Morgan fingerprint density at radius 3 is 1.72 bits per heavy atom. The minimum absolute atomic E-state index is 0.332. The SMILES string of the molecule is CCCCCCCCCCCCCC[C@@H](O)[C@@H](O)[C@H](COCc1ccccc1)NCc1ccccc1. The topological polar surface area (TPSA) is 61.7 Å². The lowest BCUT2D eigenvalue weighted by atomic mass is 9.99. The fourth-order valence-electron chi connectivity index (χ4n) is 4.63. The molecule has 0 fully saturated rings. The normalized spacial score (nSPS) is 14.0. The molecule has 0 aliphatic rings. The van der Waals surface area contributed by atoms with Gasteiger partial charge < -0.3 is 20.3 Å². The zero-order valence-corrected chi connectivity index (χ0v) is 22.6. The van der Waals surface area contributed by atoms with E-state index in [0.717, 1.165) is 24.0 Å². The minimum atomic E-state index is -0.864. The molecule has 2 aromatic rings. The van der Waals surface area contributed by atoms with Crippen LogP contribution < -0.4 is 5.32 Å². The Balaban J connectivity index is 1.65. The third kappa shape index (κ3) is 14.1. The Hall–Kier alpha value is -1.72. The van der Waals surface area contributed by atoms with E-state index in [4.69, 9.17) is 4.74 Å². The molecule has 4 heteroatoms. The molecule has 2 rings (SSSR count). The maximum absolute atomic E-state index is 10.9. The summed E-state index contributed by atoms with van der Waals surface area (Å²) in [6.07, 6.45) is 14.5. The fraction of sp³-hybridized carbons (Fsp3) is 0.625. The van der Waals surface area contributed by atoms with Crippen LogP contribution in [0.5, 0.6) is 0 Å². The summed E-state index contributed by atoms with van der Waals surface area (Å²) in [4.78, 5) is 0. The van der Waals surface area contributed by atoms with Crippen LogP contribution in [0, 0.1) is 0 Å². The number of ether oxygens (including phenoxy) is 1. The number of benzene rings is 2. The van der Waals surface area contributed by atoms with Crippen molar-refractivity contribution in [2.75, 3.05) is 6.61 Å². The van der Waals surface area contributed by atoms with Crippen LogP contribution in [-0.2, 0) is 17.9 Å². The standard InChI is InChI=1S/C32H51NO3/c1-2-3-4-5-6-7-8-9-10-11-12-19-24-31(34)32(35)30(33-25-28-20-15-13-16-21-28)27-36-26-29-22-17-14-18-23-29/h13-18,20-23,30-35H,2-12,19,24-27H2,1H3/t30-,31+,32-/m0/s1. The van der Waals surface area contributed by atoms with E-state index in [-0.39, 0.29) is 6.04 Å². The average molecular weight is 498 g/mol. The van der Waals surface area contributed by atoms with Gasteiger partial charge in [-0.25, -0.2) is 0 Å². The number of rotatable bonds is 22. The molecule has 0 amide bonds. The molecule has 0 aliphatic heterocycles. The number of unbranched alkanes of at least 4 members (excludes halogenated alkanes) is 11. The van der Waals surface area contributed by atoms with Gasteiger partial charge in [-0.2, -0.15) is 0 Å². The molecule has 0 bridgehead atoms. The summed E-state index contributed by atoms with van der Waals surface area (Å²) < 4.78 is 5.93. The number of nitrogens with one attached hydrogen (secondary N) is 1. The van der Waals surface area contributed by atoms with Gasteiger partial charge in [0, 0.05) is 6.54 Å². The molecule has 0 aliphatic carbocycles. The van der Waals surface area contributed by atoms with E-state index in [2.05, 4.69) is 24.4 Å². The second-order valence-corrected chi connectivity index (χ2v) is 10.2. The Kier molecular flexibility index (Phi) is 17.2. The first-order chi connectivity index (χ1) is 17.7. The van der Waals surface area contributed by atoms with Gasteiger partial charge in [0.05, 0.1) is 31.5 Å². The van der Waals surface area contributed by atoms with Gasteiger partial charge in [-0.3, -0.25) is 0 Å². The zero-order valence-electron chi connectivity index (χ0n) is 22.6. The Labute approximate surface area is 220 Å². The van der Waals surface area contributed by atoms with Gasteiger partial charge in [-0.1, -0.05) is 145 Å². The van der Waals surface area contributed by atoms with E-state index in [1.54, 1.807) is 0 Å². The zero-order chi connectivity index (χ0) is 25.7. The highest BCUT2D eigenvalue weighted by Gasteiger charge is 2.26. The molecule has 0 spiro atoms. The van der Waals surface area contributed by atoms with Crippen molar-refractivity contribution in [3.05, 3.63) is 71.8 Å². The highest BCUT2D eigenvalue weighted by Crippen LogP contribution is 2.15. The molecule has 0 aromatic heterocycles. The molecule has 0 radical (unpaired) electrons. The van der Waals surface area contributed by atoms with Crippen molar-refractivity contribution in [1.29, 1.82) is 0 Å². The van der Waals surface area contributed by atoms with Crippen LogP contribution in [0.2, 0.25) is 0 Å². The summed E-state index contributed by atoms with van der Waals surface area (Å²) in [5, 5.41) is 25.1. The molecule has 3 N–H and O–H groups in total. The Bertz CT molecular complexity index is 740. The number of aliphatic hydroxyl groups excluding tert-OH is 2. The third-order valence-electron chi connectivity index (χ3n) is 6.98. The van der Waals surface area contributed by atoms with Crippen LogP contribution in [-0.4, -0.2) is 35.1 Å². The van der Waals surface area contributed by atoms with Crippen molar-refractivity contribution in [1.82, 2.24) is 5.32 Å². The largest absolute Gasteiger partial charge is 0.390 e. The smallest absolute Gasteiger partial charge is 0.0974 e. The highest BCUT2D eigenvalue weighted by molar-refractivity contribution is 5.15. The molecule has 0 saturated heterocycles. The highest BCUT2D eigenvalue weighted by atomic mass is 16.5. The van der Waals surface area contributed by atoms with E-state index >= 15 is 0 Å². The lowest BCUT2D eigenvalue weighted by molar-refractivity contribution is -0.0343. The lowest BCUT2D eigenvalue weighted by Crippen LogP contribution is -2.48. The van der Waals surface area contributed by atoms with Crippen LogP contribution in [0.4, 0.5) is 0 Å². The molecular formula is C32H51NO3. The molecule has 4 nitrogen and oxygen atoms in total. The van der Waals surface area contributed by atoms with Gasteiger partial charge in [0.1, 0.15) is 0 Å². The van der Waals surface area contributed by atoms with E-state index in [9.17, 15) is 10.2 Å². The van der Waals surface area contributed by atoms with Gasteiger partial charge in [0.25, 0.3) is 0 Å². The van der Waals surface area contributed by atoms with E-state index < -0.39 is 12.2 Å². The van der Waals surface area contributed by atoms with Crippen LogP contribution in [0.1, 0.15) is 102 Å². The summed E-state index contributed by atoms with van der Waals surface area (Å²) in [5.74, 6) is 0. The molecule has 0 heterocycles. The van der Waals surface area contributed by atoms with Gasteiger partial charge in [0.15, 0.2) is 0 Å². The van der Waals surface area contributed by atoms with E-state index in [1.165, 1.54) is 64.2 Å². The molecule has 0 unspecified atom stereocenters. The molecular weight excluding hydrogens is 446 g/mol. The van der Waals surface area contributed by atoms with E-state index in [1.807, 2.05) is 48.5 Å². The fourth-order valence-corrected chi connectivity index (χ4v) is 4.63. The van der Waals surface area contributed by atoms with Crippen molar-refractivity contribution in [3.63, 3.8) is 0 Å². The van der Waals surface area contributed by atoms with Crippen molar-refractivity contribution in [2.45, 2.75) is 122 Å². The quantitative estimate of drug-likeness (QED) is 0.151. The van der Waals surface area contributed by atoms with E-state index in [0.29, 0.717) is 26.2 Å². The van der Waals surface area contributed by atoms with Gasteiger partial charge >= 0.3 is 0 Å². The first kappa shape index (κ1) is 30.5. The number of hydrogen-bond acceptors (Lipinski definition) is 4. The second-order valence-electron chi connectivity index (χ2n) is 10.2. The van der Waals surface area contributed by atoms with Crippen molar-refractivity contribution in [2.24, 2.45) is 0 Å². The first-order valence-corrected chi connectivity index (χ1v) is 14.5. The third-order valence-corrected chi connectivity index (χ3v) is 6.98. The van der Waals surface area contributed by atoms with Crippen LogP contribution in [0.15, 0.2) is 60.7 Å². The van der Waals surface area contributed by atoms with Crippen LogP contribution in [0.25, 0.3) is 0 Å². The predicted octanol–water partition coefficient (Wildman–Crippen LogP) is 7.17. The second kappa shape index (κ2) is 20.4.